The number of hydrogen-bond donors (Lipinski definition) is 1. The molecule has 0 aromatic heterocycles. The number of hydrogen-bond acceptors (Lipinski definition) is 3. The Bertz CT molecular complexity index is 416. The van der Waals surface area contributed by atoms with E-state index in [2.05, 4.69) is 28.4 Å². The quantitative estimate of drug-likeness (QED) is 0.823. The molecule has 1 aliphatic heterocycles. The molecule has 0 saturated carbocycles. The number of nitrogens with zero attached hydrogens (tertiary/aromatic N) is 2. The molecule has 0 aliphatic carbocycles. The van der Waals surface area contributed by atoms with E-state index in [1.54, 1.807) is 0 Å². The van der Waals surface area contributed by atoms with Crippen molar-refractivity contribution in [2.24, 2.45) is 0 Å². The summed E-state index contributed by atoms with van der Waals surface area (Å²) in [5.41, 5.74) is 2.24. The van der Waals surface area contributed by atoms with Crippen LogP contribution in [0.4, 0.5) is 11.4 Å². The minimum Gasteiger partial charge on any atom is -0.378 e. The van der Waals surface area contributed by atoms with Gasteiger partial charge in [0.05, 0.1) is 24.6 Å². The number of benzene rings is 1. The Morgan fingerprint density at radius 3 is 2.61 bits per heavy atom. The summed E-state index contributed by atoms with van der Waals surface area (Å²) in [6.07, 6.45) is 0. The highest BCUT2D eigenvalue weighted by atomic mass is 32.1. The highest BCUT2D eigenvalue weighted by Gasteiger charge is 2.15. The molecule has 1 aromatic rings. The molecule has 2 rings (SSSR count). The van der Waals surface area contributed by atoms with Crippen LogP contribution in [0.3, 0.4) is 0 Å². The third-order valence-corrected chi connectivity index (χ3v) is 3.37. The van der Waals surface area contributed by atoms with Gasteiger partial charge in [-0.05, 0) is 24.4 Å². The molecule has 1 N–H and O–H groups in total. The summed E-state index contributed by atoms with van der Waals surface area (Å²) in [4.78, 5) is 4.22. The first-order chi connectivity index (χ1) is 8.68. The molecule has 1 aliphatic rings. The number of ether oxygens (including phenoxy) is 1. The molecule has 0 radical (unpaired) electrons. The van der Waals surface area contributed by atoms with Gasteiger partial charge in [-0.1, -0.05) is 12.1 Å². The number of thiocarbonyl (C=S) groups is 1. The van der Waals surface area contributed by atoms with Gasteiger partial charge in [0, 0.05) is 27.2 Å². The van der Waals surface area contributed by atoms with Gasteiger partial charge in [0.25, 0.3) is 0 Å². The first kappa shape index (κ1) is 13.1. The van der Waals surface area contributed by atoms with Crippen molar-refractivity contribution in [2.45, 2.75) is 0 Å². The number of morpholine rings is 1. The molecule has 98 valence electrons. The highest BCUT2D eigenvalue weighted by Crippen LogP contribution is 2.26. The number of para-hydroxylation sites is 2. The first-order valence-corrected chi connectivity index (χ1v) is 6.49. The molecule has 1 aromatic carbocycles. The van der Waals surface area contributed by atoms with E-state index in [-0.39, 0.29) is 0 Å². The second-order valence-electron chi connectivity index (χ2n) is 4.44. The van der Waals surface area contributed by atoms with Gasteiger partial charge in [-0.25, -0.2) is 0 Å². The van der Waals surface area contributed by atoms with Crippen LogP contribution in [0.1, 0.15) is 0 Å². The zero-order valence-corrected chi connectivity index (χ0v) is 11.7. The molecule has 0 atom stereocenters. The standard InChI is InChI=1S/C13H19N3OS/c1-15(2)13(18)14-11-5-3-4-6-12(11)16-7-9-17-10-8-16/h3-6H,7-10H2,1-2H3,(H,14,18). The maximum atomic E-state index is 5.38. The highest BCUT2D eigenvalue weighted by molar-refractivity contribution is 7.80. The zero-order valence-electron chi connectivity index (χ0n) is 10.8. The maximum Gasteiger partial charge on any atom is 0.172 e. The lowest BCUT2D eigenvalue weighted by atomic mass is 10.2. The summed E-state index contributed by atoms with van der Waals surface area (Å²) in [5.74, 6) is 0. The fourth-order valence-electron chi connectivity index (χ4n) is 1.89. The van der Waals surface area contributed by atoms with E-state index >= 15 is 0 Å². The van der Waals surface area contributed by atoms with Crippen molar-refractivity contribution >= 4 is 28.7 Å². The van der Waals surface area contributed by atoms with Gasteiger partial charge >= 0.3 is 0 Å². The smallest absolute Gasteiger partial charge is 0.172 e. The van der Waals surface area contributed by atoms with Crippen molar-refractivity contribution in [3.05, 3.63) is 24.3 Å². The van der Waals surface area contributed by atoms with E-state index in [1.807, 2.05) is 25.1 Å². The van der Waals surface area contributed by atoms with Crippen LogP contribution < -0.4 is 10.2 Å². The summed E-state index contributed by atoms with van der Waals surface area (Å²) >= 11 is 5.29. The average Bonchev–Trinajstić information content (AvgIpc) is 2.40. The minimum atomic E-state index is 0.718. The molecule has 4 nitrogen and oxygen atoms in total. The van der Waals surface area contributed by atoms with Crippen LogP contribution >= 0.6 is 12.2 Å². The summed E-state index contributed by atoms with van der Waals surface area (Å²) in [6.45, 7) is 3.42. The number of anilines is 2. The number of rotatable bonds is 2. The second-order valence-corrected chi connectivity index (χ2v) is 4.83. The van der Waals surface area contributed by atoms with Crippen molar-refractivity contribution in [3.63, 3.8) is 0 Å². The van der Waals surface area contributed by atoms with E-state index in [9.17, 15) is 0 Å². The average molecular weight is 265 g/mol. The molecule has 18 heavy (non-hydrogen) atoms. The summed E-state index contributed by atoms with van der Waals surface area (Å²) in [6, 6.07) is 8.24. The van der Waals surface area contributed by atoms with Gasteiger partial charge in [-0.15, -0.1) is 0 Å². The molecule has 0 amide bonds. The molecule has 1 fully saturated rings. The predicted molar refractivity (Wildman–Crippen MR) is 79.4 cm³/mol. The Balaban J connectivity index is 2.16. The van der Waals surface area contributed by atoms with E-state index in [4.69, 9.17) is 17.0 Å². The Morgan fingerprint density at radius 2 is 1.94 bits per heavy atom. The van der Waals surface area contributed by atoms with Crippen LogP contribution in [-0.4, -0.2) is 50.4 Å². The molecule has 0 unspecified atom stereocenters. The second kappa shape index (κ2) is 6.02. The van der Waals surface area contributed by atoms with Crippen LogP contribution in [-0.2, 0) is 4.74 Å². The van der Waals surface area contributed by atoms with Crippen molar-refractivity contribution in [1.82, 2.24) is 4.90 Å². The normalized spacial score (nSPS) is 15.3. The largest absolute Gasteiger partial charge is 0.378 e. The van der Waals surface area contributed by atoms with E-state index in [1.165, 1.54) is 5.69 Å². The maximum absolute atomic E-state index is 5.38. The third-order valence-electron chi connectivity index (χ3n) is 2.90. The topological polar surface area (TPSA) is 27.7 Å². The van der Waals surface area contributed by atoms with Crippen molar-refractivity contribution in [2.75, 3.05) is 50.6 Å². The van der Waals surface area contributed by atoms with E-state index in [0.717, 1.165) is 37.1 Å². The van der Waals surface area contributed by atoms with Gasteiger partial charge in [-0.3, -0.25) is 0 Å². The van der Waals surface area contributed by atoms with Gasteiger partial charge in [0.1, 0.15) is 0 Å². The van der Waals surface area contributed by atoms with Crippen LogP contribution in [0.2, 0.25) is 0 Å². The van der Waals surface area contributed by atoms with Crippen molar-refractivity contribution in [3.8, 4) is 0 Å². The third kappa shape index (κ3) is 3.11. The molecule has 1 heterocycles. The lowest BCUT2D eigenvalue weighted by molar-refractivity contribution is 0.123. The minimum absolute atomic E-state index is 0.718. The van der Waals surface area contributed by atoms with Gasteiger partial charge in [0.2, 0.25) is 0 Å². The van der Waals surface area contributed by atoms with Gasteiger partial charge in [0.15, 0.2) is 5.11 Å². The SMILES string of the molecule is CN(C)C(=S)Nc1ccccc1N1CCOCC1. The fourth-order valence-corrected chi connectivity index (χ4v) is 2.00. The zero-order chi connectivity index (χ0) is 13.0. The van der Waals surface area contributed by atoms with Crippen molar-refractivity contribution < 1.29 is 4.74 Å². The van der Waals surface area contributed by atoms with E-state index < -0.39 is 0 Å². The molecular weight excluding hydrogens is 246 g/mol. The molecule has 0 bridgehead atoms. The molecular formula is C13H19N3OS. The Kier molecular flexibility index (Phi) is 4.38. The van der Waals surface area contributed by atoms with Crippen LogP contribution in [0, 0.1) is 0 Å². The lowest BCUT2D eigenvalue weighted by Crippen LogP contribution is -2.37. The summed E-state index contributed by atoms with van der Waals surface area (Å²) in [7, 11) is 3.87. The first-order valence-electron chi connectivity index (χ1n) is 6.08. The summed E-state index contributed by atoms with van der Waals surface area (Å²) < 4.78 is 5.38. The Hall–Kier alpha value is -1.33. The predicted octanol–water partition coefficient (Wildman–Crippen LogP) is 1.78. The summed E-state index contributed by atoms with van der Waals surface area (Å²) in [5, 5.41) is 4.00. The van der Waals surface area contributed by atoms with Crippen LogP contribution in [0.25, 0.3) is 0 Å². The molecule has 1 saturated heterocycles. The Labute approximate surface area is 114 Å². The van der Waals surface area contributed by atoms with E-state index in [0.29, 0.717) is 0 Å². The van der Waals surface area contributed by atoms with Gasteiger partial charge < -0.3 is 19.9 Å². The van der Waals surface area contributed by atoms with Gasteiger partial charge in [-0.2, -0.15) is 0 Å². The monoisotopic (exact) mass is 265 g/mol. The molecule has 0 spiro atoms. The molecule has 5 heteroatoms. The fraction of sp³-hybridized carbons (Fsp3) is 0.462. The Morgan fingerprint density at radius 1 is 1.28 bits per heavy atom. The number of nitrogens with one attached hydrogen (secondary N) is 1. The van der Waals surface area contributed by atoms with Crippen molar-refractivity contribution in [1.29, 1.82) is 0 Å². The van der Waals surface area contributed by atoms with Crippen LogP contribution in [0.15, 0.2) is 24.3 Å². The van der Waals surface area contributed by atoms with Crippen LogP contribution in [0.5, 0.6) is 0 Å². The lowest BCUT2D eigenvalue weighted by Gasteiger charge is -2.31.